The van der Waals surface area contributed by atoms with E-state index in [2.05, 4.69) is 10.3 Å². The molecule has 1 aliphatic heterocycles. The van der Waals surface area contributed by atoms with E-state index in [1.54, 1.807) is 9.58 Å². The van der Waals surface area contributed by atoms with Crippen LogP contribution in [-0.2, 0) is 4.74 Å². The van der Waals surface area contributed by atoms with Crippen molar-refractivity contribution in [2.45, 2.75) is 6.10 Å². The molecule has 2 heterocycles. The van der Waals surface area contributed by atoms with Crippen molar-refractivity contribution in [3.8, 4) is 5.69 Å². The Morgan fingerprint density at radius 2 is 1.88 bits per heavy atom. The standard InChI is InChI=1S/C19H17ClN4O2/c20-15-8-6-14(7-9-15)18-13-23(10-11-26-18)19(25)17-12-21-22-24(17)16-4-2-1-3-5-16/h1-9,12,18H,10-11,13H2/t18-/m1/s1. The van der Waals surface area contributed by atoms with Crippen molar-refractivity contribution in [2.75, 3.05) is 19.7 Å². The first kappa shape index (κ1) is 16.8. The van der Waals surface area contributed by atoms with Crippen molar-refractivity contribution in [1.29, 1.82) is 0 Å². The number of hydrogen-bond donors (Lipinski definition) is 0. The lowest BCUT2D eigenvalue weighted by atomic mass is 10.1. The molecule has 0 bridgehead atoms. The minimum atomic E-state index is -0.175. The molecule has 1 amide bonds. The second-order valence-corrected chi connectivity index (χ2v) is 6.47. The largest absolute Gasteiger partial charge is 0.370 e. The van der Waals surface area contributed by atoms with Gasteiger partial charge < -0.3 is 9.64 Å². The van der Waals surface area contributed by atoms with Gasteiger partial charge in [-0.2, -0.15) is 0 Å². The molecule has 2 aromatic carbocycles. The molecule has 26 heavy (non-hydrogen) atoms. The molecule has 6 nitrogen and oxygen atoms in total. The highest BCUT2D eigenvalue weighted by atomic mass is 35.5. The molecule has 1 saturated heterocycles. The van der Waals surface area contributed by atoms with Crippen LogP contribution in [0.2, 0.25) is 5.02 Å². The van der Waals surface area contributed by atoms with Gasteiger partial charge in [0.1, 0.15) is 6.10 Å². The molecule has 1 atom stereocenters. The lowest BCUT2D eigenvalue weighted by Gasteiger charge is -2.33. The number of amides is 1. The fraction of sp³-hybridized carbons (Fsp3) is 0.211. The maximum Gasteiger partial charge on any atom is 0.274 e. The average Bonchev–Trinajstić information content (AvgIpc) is 3.18. The molecule has 1 fully saturated rings. The van der Waals surface area contributed by atoms with E-state index in [0.717, 1.165) is 11.3 Å². The van der Waals surface area contributed by atoms with Gasteiger partial charge in [0.2, 0.25) is 0 Å². The number of nitrogens with zero attached hydrogens (tertiary/aromatic N) is 4. The zero-order valence-electron chi connectivity index (χ0n) is 14.0. The molecule has 0 N–H and O–H groups in total. The molecule has 7 heteroatoms. The zero-order chi connectivity index (χ0) is 17.9. The summed E-state index contributed by atoms with van der Waals surface area (Å²) < 4.78 is 7.41. The van der Waals surface area contributed by atoms with Gasteiger partial charge in [-0.15, -0.1) is 5.10 Å². The van der Waals surface area contributed by atoms with Crippen LogP contribution in [0.1, 0.15) is 22.2 Å². The molecular formula is C19H17ClN4O2. The Morgan fingerprint density at radius 3 is 2.65 bits per heavy atom. The number of aromatic nitrogens is 3. The third-order valence-corrected chi connectivity index (χ3v) is 4.62. The molecule has 0 radical (unpaired) electrons. The van der Waals surface area contributed by atoms with E-state index >= 15 is 0 Å². The average molecular weight is 369 g/mol. The maximum atomic E-state index is 13.0. The van der Waals surface area contributed by atoms with E-state index in [4.69, 9.17) is 16.3 Å². The van der Waals surface area contributed by atoms with Crippen molar-refractivity contribution in [3.63, 3.8) is 0 Å². The van der Waals surface area contributed by atoms with Crippen LogP contribution in [0.15, 0.2) is 60.8 Å². The van der Waals surface area contributed by atoms with Gasteiger partial charge in [0, 0.05) is 11.6 Å². The first-order valence-electron chi connectivity index (χ1n) is 8.35. The molecule has 1 aromatic heterocycles. The Bertz CT molecular complexity index is 895. The minimum absolute atomic E-state index is 0.110. The lowest BCUT2D eigenvalue weighted by molar-refractivity contribution is -0.0231. The van der Waals surface area contributed by atoms with Crippen LogP contribution >= 0.6 is 11.6 Å². The molecule has 4 rings (SSSR count). The summed E-state index contributed by atoms with van der Waals surface area (Å²) in [6, 6.07) is 17.0. The number of hydrogen-bond acceptors (Lipinski definition) is 4. The fourth-order valence-electron chi connectivity index (χ4n) is 3.02. The summed E-state index contributed by atoms with van der Waals surface area (Å²) in [7, 11) is 0. The van der Waals surface area contributed by atoms with Gasteiger partial charge in [-0.05, 0) is 29.8 Å². The van der Waals surface area contributed by atoms with Crippen molar-refractivity contribution in [2.24, 2.45) is 0 Å². The van der Waals surface area contributed by atoms with Crippen LogP contribution in [0, 0.1) is 0 Å². The van der Waals surface area contributed by atoms with E-state index in [1.165, 1.54) is 6.20 Å². The van der Waals surface area contributed by atoms with Crippen LogP contribution < -0.4 is 0 Å². The normalized spacial score (nSPS) is 17.3. The summed E-state index contributed by atoms with van der Waals surface area (Å²) in [5.41, 5.74) is 2.24. The van der Waals surface area contributed by atoms with Gasteiger partial charge in [0.15, 0.2) is 5.69 Å². The summed E-state index contributed by atoms with van der Waals surface area (Å²) in [4.78, 5) is 14.8. The molecular weight excluding hydrogens is 352 g/mol. The van der Waals surface area contributed by atoms with Gasteiger partial charge in [0.25, 0.3) is 5.91 Å². The second-order valence-electron chi connectivity index (χ2n) is 6.03. The first-order chi connectivity index (χ1) is 12.7. The zero-order valence-corrected chi connectivity index (χ0v) is 14.7. The molecule has 0 unspecified atom stereocenters. The fourth-order valence-corrected chi connectivity index (χ4v) is 3.14. The van der Waals surface area contributed by atoms with Crippen LogP contribution in [0.25, 0.3) is 5.69 Å². The Kier molecular flexibility index (Phi) is 4.69. The van der Waals surface area contributed by atoms with Gasteiger partial charge in [-0.3, -0.25) is 4.79 Å². The monoisotopic (exact) mass is 368 g/mol. The predicted molar refractivity (Wildman–Crippen MR) is 97.4 cm³/mol. The van der Waals surface area contributed by atoms with E-state index < -0.39 is 0 Å². The number of carbonyl (C=O) groups excluding carboxylic acids is 1. The summed E-state index contributed by atoms with van der Waals surface area (Å²) in [5, 5.41) is 8.66. The Hall–Kier alpha value is -2.70. The van der Waals surface area contributed by atoms with Gasteiger partial charge >= 0.3 is 0 Å². The molecule has 0 spiro atoms. The molecule has 1 aliphatic rings. The van der Waals surface area contributed by atoms with Crippen LogP contribution in [-0.4, -0.2) is 45.5 Å². The number of halogens is 1. The molecule has 0 aliphatic carbocycles. The number of benzene rings is 2. The third-order valence-electron chi connectivity index (χ3n) is 4.36. The Labute approximate surface area is 155 Å². The third kappa shape index (κ3) is 3.34. The highest BCUT2D eigenvalue weighted by Gasteiger charge is 2.28. The van der Waals surface area contributed by atoms with Crippen LogP contribution in [0.3, 0.4) is 0 Å². The van der Waals surface area contributed by atoms with Crippen LogP contribution in [0.5, 0.6) is 0 Å². The number of ether oxygens (including phenoxy) is 1. The minimum Gasteiger partial charge on any atom is -0.370 e. The predicted octanol–water partition coefficient (Wildman–Crippen LogP) is 3.13. The van der Waals surface area contributed by atoms with Gasteiger partial charge in [-0.1, -0.05) is 47.1 Å². The number of carbonyl (C=O) groups is 1. The topological polar surface area (TPSA) is 60.2 Å². The Balaban J connectivity index is 1.55. The maximum absolute atomic E-state index is 13.0. The smallest absolute Gasteiger partial charge is 0.274 e. The van der Waals surface area contributed by atoms with Crippen molar-refractivity contribution < 1.29 is 9.53 Å². The van der Waals surface area contributed by atoms with E-state index in [9.17, 15) is 4.79 Å². The summed E-state index contributed by atoms with van der Waals surface area (Å²) in [6.07, 6.45) is 1.33. The number of morpholine rings is 1. The Morgan fingerprint density at radius 1 is 1.12 bits per heavy atom. The van der Waals surface area contributed by atoms with E-state index in [-0.39, 0.29) is 12.0 Å². The van der Waals surface area contributed by atoms with Crippen LogP contribution in [0.4, 0.5) is 0 Å². The molecule has 0 saturated carbocycles. The van der Waals surface area contributed by atoms with Crippen molar-refractivity contribution in [1.82, 2.24) is 19.9 Å². The van der Waals surface area contributed by atoms with Crippen molar-refractivity contribution >= 4 is 17.5 Å². The first-order valence-corrected chi connectivity index (χ1v) is 8.72. The lowest BCUT2D eigenvalue weighted by Crippen LogP contribution is -2.42. The molecule has 3 aromatic rings. The highest BCUT2D eigenvalue weighted by Crippen LogP contribution is 2.25. The van der Waals surface area contributed by atoms with Gasteiger partial charge in [0.05, 0.1) is 25.0 Å². The van der Waals surface area contributed by atoms with Gasteiger partial charge in [-0.25, -0.2) is 4.68 Å². The quantitative estimate of drug-likeness (QED) is 0.712. The number of rotatable bonds is 3. The summed E-state index contributed by atoms with van der Waals surface area (Å²) in [6.45, 7) is 1.48. The second kappa shape index (κ2) is 7.27. The van der Waals surface area contributed by atoms with E-state index in [0.29, 0.717) is 30.4 Å². The summed E-state index contributed by atoms with van der Waals surface area (Å²) in [5.74, 6) is -0.110. The van der Waals surface area contributed by atoms with E-state index in [1.807, 2.05) is 54.6 Å². The molecule has 132 valence electrons. The highest BCUT2D eigenvalue weighted by molar-refractivity contribution is 6.30. The number of para-hydroxylation sites is 1. The SMILES string of the molecule is O=C(c1cnnn1-c1ccccc1)N1CCO[C@@H](c2ccc(Cl)cc2)C1. The van der Waals surface area contributed by atoms with Crippen molar-refractivity contribution in [3.05, 3.63) is 77.1 Å². The summed E-state index contributed by atoms with van der Waals surface area (Å²) >= 11 is 5.95.